The molecule has 1 unspecified atom stereocenters. The summed E-state index contributed by atoms with van der Waals surface area (Å²) in [6.07, 6.45) is 2.32. The van der Waals surface area contributed by atoms with E-state index < -0.39 is 6.09 Å². The van der Waals surface area contributed by atoms with Crippen molar-refractivity contribution < 1.29 is 19.5 Å². The van der Waals surface area contributed by atoms with Gasteiger partial charge in [0.05, 0.1) is 25.5 Å². The monoisotopic (exact) mass is 292 g/mol. The molecule has 21 heavy (non-hydrogen) atoms. The van der Waals surface area contributed by atoms with Crippen LogP contribution >= 0.6 is 0 Å². The van der Waals surface area contributed by atoms with E-state index in [4.69, 9.17) is 14.7 Å². The Labute approximate surface area is 124 Å². The predicted octanol–water partition coefficient (Wildman–Crippen LogP) is 2.35. The first-order valence-electron chi connectivity index (χ1n) is 7.03. The van der Waals surface area contributed by atoms with Gasteiger partial charge >= 0.3 is 6.09 Å². The van der Waals surface area contributed by atoms with Crippen molar-refractivity contribution in [2.24, 2.45) is 5.16 Å². The maximum Gasteiger partial charge on any atom is 0.407 e. The average molecular weight is 292 g/mol. The first-order chi connectivity index (χ1) is 10.3. The summed E-state index contributed by atoms with van der Waals surface area (Å²) in [6, 6.07) is 9.78. The molecule has 1 saturated heterocycles. The maximum atomic E-state index is 10.9. The molecule has 0 aliphatic carbocycles. The van der Waals surface area contributed by atoms with E-state index >= 15 is 0 Å². The molecule has 1 fully saturated rings. The lowest BCUT2D eigenvalue weighted by Gasteiger charge is -2.30. The minimum atomic E-state index is -0.886. The third-order valence-corrected chi connectivity index (χ3v) is 3.28. The van der Waals surface area contributed by atoms with E-state index in [2.05, 4.69) is 5.16 Å². The van der Waals surface area contributed by atoms with Crippen LogP contribution in [-0.4, -0.2) is 48.1 Å². The van der Waals surface area contributed by atoms with E-state index in [0.29, 0.717) is 26.3 Å². The summed E-state index contributed by atoms with van der Waals surface area (Å²) >= 11 is 0. The molecule has 1 N–H and O–H groups in total. The van der Waals surface area contributed by atoms with Gasteiger partial charge in [-0.3, -0.25) is 0 Å². The van der Waals surface area contributed by atoms with E-state index in [0.717, 1.165) is 18.4 Å². The SMILES string of the molecule is O=C(O)N1CCCC(OC/C=N/OCc2ccccc2)C1. The number of likely N-dealkylation sites (tertiary alicyclic amines) is 1. The Morgan fingerprint density at radius 3 is 3.00 bits per heavy atom. The number of hydrogen-bond acceptors (Lipinski definition) is 4. The molecule has 1 heterocycles. The second-order valence-electron chi connectivity index (χ2n) is 4.87. The molecule has 0 aromatic heterocycles. The summed E-state index contributed by atoms with van der Waals surface area (Å²) in [5, 5.41) is 12.8. The van der Waals surface area contributed by atoms with E-state index in [1.807, 2.05) is 30.3 Å². The van der Waals surface area contributed by atoms with Crippen molar-refractivity contribution in [3.63, 3.8) is 0 Å². The van der Waals surface area contributed by atoms with E-state index in [1.165, 1.54) is 4.90 Å². The summed E-state index contributed by atoms with van der Waals surface area (Å²) in [4.78, 5) is 17.4. The first-order valence-corrected chi connectivity index (χ1v) is 7.03. The molecule has 1 aliphatic rings. The van der Waals surface area contributed by atoms with Gasteiger partial charge in [0.1, 0.15) is 6.61 Å². The molecular formula is C15H20N2O4. The molecule has 2 rings (SSSR count). The molecule has 0 bridgehead atoms. The molecule has 1 atom stereocenters. The second-order valence-corrected chi connectivity index (χ2v) is 4.87. The minimum Gasteiger partial charge on any atom is -0.465 e. The fourth-order valence-corrected chi connectivity index (χ4v) is 2.20. The highest BCUT2D eigenvalue weighted by atomic mass is 16.6. The Hall–Kier alpha value is -2.08. The average Bonchev–Trinajstić information content (AvgIpc) is 2.52. The molecule has 1 amide bonds. The Morgan fingerprint density at radius 1 is 1.43 bits per heavy atom. The van der Waals surface area contributed by atoms with Crippen molar-refractivity contribution in [2.75, 3.05) is 19.7 Å². The molecule has 114 valence electrons. The van der Waals surface area contributed by atoms with Gasteiger partial charge in [-0.2, -0.15) is 0 Å². The zero-order valence-electron chi connectivity index (χ0n) is 11.9. The standard InChI is InChI=1S/C15H20N2O4/c18-15(19)17-9-4-7-14(11-17)20-10-8-16-21-12-13-5-2-1-3-6-13/h1-3,5-6,8,14H,4,7,9-12H2,(H,18,19)/b16-8+. The largest absolute Gasteiger partial charge is 0.465 e. The number of piperidine rings is 1. The van der Waals surface area contributed by atoms with Crippen LogP contribution in [-0.2, 0) is 16.2 Å². The topological polar surface area (TPSA) is 71.4 Å². The van der Waals surface area contributed by atoms with Gasteiger partial charge in [-0.15, -0.1) is 0 Å². The third kappa shape index (κ3) is 5.43. The molecular weight excluding hydrogens is 272 g/mol. The molecule has 0 radical (unpaired) electrons. The van der Waals surface area contributed by atoms with Crippen molar-refractivity contribution in [1.82, 2.24) is 4.90 Å². The smallest absolute Gasteiger partial charge is 0.407 e. The van der Waals surface area contributed by atoms with Crippen molar-refractivity contribution in [1.29, 1.82) is 0 Å². The quantitative estimate of drug-likeness (QED) is 0.645. The first kappa shape index (κ1) is 15.3. The van der Waals surface area contributed by atoms with E-state index in [9.17, 15) is 4.79 Å². The number of amides is 1. The Balaban J connectivity index is 1.60. The summed E-state index contributed by atoms with van der Waals surface area (Å²) in [7, 11) is 0. The number of benzene rings is 1. The van der Waals surface area contributed by atoms with Gasteiger partial charge < -0.3 is 19.6 Å². The molecule has 0 saturated carbocycles. The van der Waals surface area contributed by atoms with Crippen molar-refractivity contribution in [3.8, 4) is 0 Å². The number of ether oxygens (including phenoxy) is 1. The lowest BCUT2D eigenvalue weighted by atomic mass is 10.1. The molecule has 6 nitrogen and oxygen atoms in total. The number of oxime groups is 1. The number of nitrogens with zero attached hydrogens (tertiary/aromatic N) is 2. The van der Waals surface area contributed by atoms with Crippen LogP contribution in [0.4, 0.5) is 4.79 Å². The maximum absolute atomic E-state index is 10.9. The molecule has 6 heteroatoms. The van der Waals surface area contributed by atoms with Gasteiger partial charge in [-0.1, -0.05) is 35.5 Å². The highest BCUT2D eigenvalue weighted by molar-refractivity contribution is 5.65. The van der Waals surface area contributed by atoms with Crippen LogP contribution in [0.1, 0.15) is 18.4 Å². The van der Waals surface area contributed by atoms with Crippen LogP contribution < -0.4 is 0 Å². The second kappa shape index (κ2) is 8.26. The zero-order valence-corrected chi connectivity index (χ0v) is 11.9. The lowest BCUT2D eigenvalue weighted by molar-refractivity contribution is 0.0206. The molecule has 1 aromatic carbocycles. The van der Waals surface area contributed by atoms with Crippen LogP contribution in [0.2, 0.25) is 0 Å². The highest BCUT2D eigenvalue weighted by Crippen LogP contribution is 2.12. The van der Waals surface area contributed by atoms with Gasteiger partial charge in [0.15, 0.2) is 0 Å². The van der Waals surface area contributed by atoms with Gasteiger partial charge in [0.2, 0.25) is 0 Å². The lowest BCUT2D eigenvalue weighted by Crippen LogP contribution is -2.42. The van der Waals surface area contributed by atoms with Crippen LogP contribution in [0.5, 0.6) is 0 Å². The number of carboxylic acid groups (broad SMARTS) is 1. The van der Waals surface area contributed by atoms with Gasteiger partial charge in [0.25, 0.3) is 0 Å². The van der Waals surface area contributed by atoms with E-state index in [1.54, 1.807) is 6.21 Å². The van der Waals surface area contributed by atoms with Gasteiger partial charge in [-0.25, -0.2) is 4.79 Å². The van der Waals surface area contributed by atoms with Crippen LogP contribution in [0.15, 0.2) is 35.5 Å². The summed E-state index contributed by atoms with van der Waals surface area (Å²) in [5.74, 6) is 0. The van der Waals surface area contributed by atoms with Crippen molar-refractivity contribution in [3.05, 3.63) is 35.9 Å². The van der Waals surface area contributed by atoms with Gasteiger partial charge in [-0.05, 0) is 18.4 Å². The van der Waals surface area contributed by atoms with Crippen LogP contribution in [0.25, 0.3) is 0 Å². The molecule has 1 aliphatic heterocycles. The number of rotatable bonds is 6. The third-order valence-electron chi connectivity index (χ3n) is 3.28. The Bertz CT molecular complexity index is 464. The predicted molar refractivity (Wildman–Crippen MR) is 78.3 cm³/mol. The Morgan fingerprint density at radius 2 is 2.24 bits per heavy atom. The van der Waals surface area contributed by atoms with Crippen molar-refractivity contribution >= 4 is 12.3 Å². The fourth-order valence-electron chi connectivity index (χ4n) is 2.20. The summed E-state index contributed by atoms with van der Waals surface area (Å²) in [6.45, 7) is 1.76. The van der Waals surface area contributed by atoms with Crippen LogP contribution in [0, 0.1) is 0 Å². The normalized spacial score (nSPS) is 18.9. The fraction of sp³-hybridized carbons (Fsp3) is 0.467. The Kier molecular flexibility index (Phi) is 6.02. The van der Waals surface area contributed by atoms with Crippen molar-refractivity contribution in [2.45, 2.75) is 25.6 Å². The summed E-state index contributed by atoms with van der Waals surface area (Å²) < 4.78 is 5.58. The minimum absolute atomic E-state index is 0.0598. The van der Waals surface area contributed by atoms with Gasteiger partial charge in [0, 0.05) is 6.54 Å². The number of hydrogen-bond donors (Lipinski definition) is 1. The highest BCUT2D eigenvalue weighted by Gasteiger charge is 2.23. The zero-order chi connectivity index (χ0) is 14.9. The van der Waals surface area contributed by atoms with E-state index in [-0.39, 0.29) is 6.10 Å². The molecule has 1 aromatic rings. The number of carbonyl (C=O) groups is 1. The van der Waals surface area contributed by atoms with Crippen LogP contribution in [0.3, 0.4) is 0 Å². The molecule has 0 spiro atoms. The summed E-state index contributed by atoms with van der Waals surface area (Å²) in [5.41, 5.74) is 1.06.